The number of aryl methyl sites for hydroxylation is 1. The molecule has 2 N–H and O–H groups in total. The fourth-order valence-electron chi connectivity index (χ4n) is 3.14. The van der Waals surface area contributed by atoms with Crippen molar-refractivity contribution in [3.8, 4) is 11.5 Å². The van der Waals surface area contributed by atoms with Crippen molar-refractivity contribution in [2.45, 2.75) is 26.9 Å². The van der Waals surface area contributed by atoms with Crippen molar-refractivity contribution in [3.05, 3.63) is 88.4 Å². The Morgan fingerprint density at radius 2 is 1.71 bits per heavy atom. The van der Waals surface area contributed by atoms with E-state index in [1.807, 2.05) is 56.3 Å². The molecule has 0 aliphatic heterocycles. The highest BCUT2D eigenvalue weighted by atomic mass is 35.5. The number of hydrogen-bond acceptors (Lipinski definition) is 5. The van der Waals surface area contributed by atoms with Crippen LogP contribution in [0.15, 0.2) is 71.8 Å². The second-order valence-electron chi connectivity index (χ2n) is 7.20. The predicted molar refractivity (Wildman–Crippen MR) is 134 cm³/mol. The summed E-state index contributed by atoms with van der Waals surface area (Å²) in [6.07, 6.45) is 2.10. The van der Waals surface area contributed by atoms with Crippen molar-refractivity contribution in [1.29, 1.82) is 0 Å². The quantitative estimate of drug-likeness (QED) is 0.257. The molecule has 8 heteroatoms. The number of halogens is 1. The van der Waals surface area contributed by atoms with Crippen LogP contribution >= 0.6 is 11.6 Å². The molecule has 176 valence electrons. The van der Waals surface area contributed by atoms with Gasteiger partial charge < -0.3 is 14.8 Å². The van der Waals surface area contributed by atoms with Crippen molar-refractivity contribution in [2.24, 2.45) is 5.10 Å². The molecule has 0 atom stereocenters. The molecule has 3 aromatic rings. The number of nitrogens with zero attached hydrogens (tertiary/aromatic N) is 1. The minimum atomic E-state index is -0.888. The second kappa shape index (κ2) is 12.4. The van der Waals surface area contributed by atoms with E-state index in [-0.39, 0.29) is 0 Å². The van der Waals surface area contributed by atoms with Crippen molar-refractivity contribution in [2.75, 3.05) is 11.9 Å². The summed E-state index contributed by atoms with van der Waals surface area (Å²) in [5.41, 5.74) is 5.31. The average Bonchev–Trinajstić information content (AvgIpc) is 2.84. The molecular formula is C26H26ClN3O4. The molecule has 0 fully saturated rings. The van der Waals surface area contributed by atoms with Gasteiger partial charge in [0.2, 0.25) is 0 Å². The van der Waals surface area contributed by atoms with E-state index in [2.05, 4.69) is 15.8 Å². The Morgan fingerprint density at radius 1 is 0.971 bits per heavy atom. The highest BCUT2D eigenvalue weighted by Crippen LogP contribution is 2.37. The molecule has 0 aliphatic rings. The Hall–Kier alpha value is -3.84. The summed E-state index contributed by atoms with van der Waals surface area (Å²) in [5.74, 6) is -0.827. The average molecular weight is 480 g/mol. The van der Waals surface area contributed by atoms with Gasteiger partial charge in [0.15, 0.2) is 11.5 Å². The second-order valence-corrected chi connectivity index (χ2v) is 7.61. The zero-order valence-corrected chi connectivity index (χ0v) is 19.8. The van der Waals surface area contributed by atoms with E-state index in [0.29, 0.717) is 41.0 Å². The van der Waals surface area contributed by atoms with Crippen molar-refractivity contribution >= 4 is 35.3 Å². The number of hydrogen-bond donors (Lipinski definition) is 2. The number of benzene rings is 3. The van der Waals surface area contributed by atoms with E-state index < -0.39 is 11.8 Å². The van der Waals surface area contributed by atoms with Crippen LogP contribution in [0, 0.1) is 0 Å². The van der Waals surface area contributed by atoms with Crippen LogP contribution in [0.2, 0.25) is 5.02 Å². The van der Waals surface area contributed by atoms with Gasteiger partial charge in [-0.3, -0.25) is 9.59 Å². The van der Waals surface area contributed by atoms with E-state index >= 15 is 0 Å². The maximum Gasteiger partial charge on any atom is 0.329 e. The van der Waals surface area contributed by atoms with Gasteiger partial charge in [-0.15, -0.1) is 0 Å². The van der Waals surface area contributed by atoms with Gasteiger partial charge in [-0.1, -0.05) is 67.1 Å². The van der Waals surface area contributed by atoms with Gasteiger partial charge in [-0.25, -0.2) is 5.43 Å². The first-order chi connectivity index (χ1) is 16.5. The number of rotatable bonds is 9. The van der Waals surface area contributed by atoms with E-state index in [9.17, 15) is 9.59 Å². The lowest BCUT2D eigenvalue weighted by molar-refractivity contribution is -0.136. The predicted octanol–water partition coefficient (Wildman–Crippen LogP) is 4.97. The number of ether oxygens (including phenoxy) is 2. The topological polar surface area (TPSA) is 89.0 Å². The molecule has 34 heavy (non-hydrogen) atoms. The molecule has 0 unspecified atom stereocenters. The third kappa shape index (κ3) is 6.83. The van der Waals surface area contributed by atoms with Gasteiger partial charge in [-0.05, 0) is 48.2 Å². The largest absolute Gasteiger partial charge is 0.490 e. The Balaban J connectivity index is 1.65. The molecule has 0 saturated heterocycles. The lowest BCUT2D eigenvalue weighted by Gasteiger charge is -2.14. The zero-order chi connectivity index (χ0) is 24.3. The summed E-state index contributed by atoms with van der Waals surface area (Å²) in [5, 5.41) is 6.81. The van der Waals surface area contributed by atoms with Crippen molar-refractivity contribution in [3.63, 3.8) is 0 Å². The van der Waals surface area contributed by atoms with Crippen LogP contribution in [0.1, 0.15) is 30.5 Å². The van der Waals surface area contributed by atoms with Crippen LogP contribution in [-0.4, -0.2) is 24.6 Å². The molecule has 0 saturated carbocycles. The van der Waals surface area contributed by atoms with Gasteiger partial charge in [0.1, 0.15) is 6.61 Å². The zero-order valence-electron chi connectivity index (χ0n) is 19.0. The first-order valence-electron chi connectivity index (χ1n) is 10.9. The van der Waals surface area contributed by atoms with Crippen LogP contribution < -0.4 is 20.2 Å². The summed E-state index contributed by atoms with van der Waals surface area (Å²) >= 11 is 6.43. The SMILES string of the molecule is CCOc1cc(/C=N\NC(=O)C(=O)Nc2ccccc2CC)cc(Cl)c1OCc1ccccc1. The third-order valence-electron chi connectivity index (χ3n) is 4.79. The lowest BCUT2D eigenvalue weighted by Crippen LogP contribution is -2.32. The number of hydrazone groups is 1. The number of anilines is 1. The smallest absolute Gasteiger partial charge is 0.329 e. The Labute approximate surface area is 203 Å². The number of para-hydroxylation sites is 1. The lowest BCUT2D eigenvalue weighted by atomic mass is 10.1. The highest BCUT2D eigenvalue weighted by molar-refractivity contribution is 6.39. The highest BCUT2D eigenvalue weighted by Gasteiger charge is 2.15. The molecule has 2 amide bonds. The van der Waals surface area contributed by atoms with Gasteiger partial charge in [0.05, 0.1) is 17.8 Å². The molecule has 3 rings (SSSR count). The van der Waals surface area contributed by atoms with E-state index in [4.69, 9.17) is 21.1 Å². The summed E-state index contributed by atoms with van der Waals surface area (Å²) < 4.78 is 11.6. The monoisotopic (exact) mass is 479 g/mol. The minimum Gasteiger partial charge on any atom is -0.490 e. The molecular weight excluding hydrogens is 454 g/mol. The summed E-state index contributed by atoms with van der Waals surface area (Å²) in [6.45, 7) is 4.56. The number of carbonyl (C=O) groups is 2. The van der Waals surface area contributed by atoms with Gasteiger partial charge in [-0.2, -0.15) is 5.10 Å². The number of carbonyl (C=O) groups excluding carboxylic acids is 2. The van der Waals surface area contributed by atoms with Crippen LogP contribution in [0.25, 0.3) is 0 Å². The molecule has 7 nitrogen and oxygen atoms in total. The normalized spacial score (nSPS) is 10.7. The maximum absolute atomic E-state index is 12.2. The van der Waals surface area contributed by atoms with E-state index in [1.165, 1.54) is 6.21 Å². The number of amides is 2. The van der Waals surface area contributed by atoms with E-state index in [0.717, 1.165) is 17.5 Å². The maximum atomic E-state index is 12.2. The summed E-state index contributed by atoms with van der Waals surface area (Å²) in [6, 6.07) is 20.3. The number of nitrogens with one attached hydrogen (secondary N) is 2. The molecule has 0 radical (unpaired) electrons. The fourth-order valence-corrected chi connectivity index (χ4v) is 3.41. The van der Waals surface area contributed by atoms with Gasteiger partial charge in [0.25, 0.3) is 0 Å². The van der Waals surface area contributed by atoms with Gasteiger partial charge >= 0.3 is 11.8 Å². The Morgan fingerprint density at radius 3 is 2.44 bits per heavy atom. The third-order valence-corrected chi connectivity index (χ3v) is 5.07. The van der Waals surface area contributed by atoms with Crippen LogP contribution in [0.5, 0.6) is 11.5 Å². The molecule has 3 aromatic carbocycles. The minimum absolute atomic E-state index is 0.334. The van der Waals surface area contributed by atoms with Crippen LogP contribution in [0.4, 0.5) is 5.69 Å². The molecule has 0 heterocycles. The van der Waals surface area contributed by atoms with Crippen LogP contribution in [0.3, 0.4) is 0 Å². The van der Waals surface area contributed by atoms with Crippen molar-refractivity contribution < 1.29 is 19.1 Å². The Bertz CT molecular complexity index is 1170. The fraction of sp³-hybridized carbons (Fsp3) is 0.192. The standard InChI is InChI=1S/C26H26ClN3O4/c1-3-20-12-8-9-13-22(20)29-25(31)26(32)30-28-16-19-14-21(27)24(23(15-19)33-4-2)34-17-18-10-6-5-7-11-18/h5-16H,3-4,17H2,1-2H3,(H,29,31)(H,30,32)/b28-16-. The van der Waals surface area contributed by atoms with Gasteiger partial charge in [0, 0.05) is 5.69 Å². The van der Waals surface area contributed by atoms with Crippen LogP contribution in [-0.2, 0) is 22.6 Å². The molecule has 0 bridgehead atoms. The molecule has 0 spiro atoms. The van der Waals surface area contributed by atoms with E-state index in [1.54, 1.807) is 24.3 Å². The molecule has 0 aromatic heterocycles. The summed E-state index contributed by atoms with van der Waals surface area (Å²) in [4.78, 5) is 24.3. The first-order valence-corrected chi connectivity index (χ1v) is 11.2. The molecule has 0 aliphatic carbocycles. The first kappa shape index (κ1) is 24.8. The van der Waals surface area contributed by atoms with Crippen molar-refractivity contribution in [1.82, 2.24) is 5.43 Å². The summed E-state index contributed by atoms with van der Waals surface area (Å²) in [7, 11) is 0. The Kier molecular flexibility index (Phi) is 9.05.